The van der Waals surface area contributed by atoms with Gasteiger partial charge in [0, 0.05) is 37.7 Å². The molecular weight excluding hydrogens is 628 g/mol. The quantitative estimate of drug-likeness (QED) is 0.0999. The highest BCUT2D eigenvalue weighted by Crippen LogP contribution is 2.27. The summed E-state index contributed by atoms with van der Waals surface area (Å²) in [6.07, 6.45) is 1.57. The predicted molar refractivity (Wildman–Crippen MR) is 182 cm³/mol. The van der Waals surface area contributed by atoms with E-state index in [9.17, 15) is 14.4 Å². The van der Waals surface area contributed by atoms with Crippen molar-refractivity contribution in [3.8, 4) is 17.0 Å². The largest absolute Gasteiger partial charge is 0.496 e. The molecule has 8 nitrogen and oxygen atoms in total. The van der Waals surface area contributed by atoms with E-state index >= 15 is 0 Å². The molecule has 0 atom stereocenters. The lowest BCUT2D eigenvalue weighted by molar-refractivity contribution is -0.114. The van der Waals surface area contributed by atoms with Crippen LogP contribution in [-0.4, -0.2) is 35.6 Å². The van der Waals surface area contributed by atoms with Crippen molar-refractivity contribution in [2.75, 3.05) is 23.5 Å². The fourth-order valence-corrected chi connectivity index (χ4v) is 5.67. The van der Waals surface area contributed by atoms with Gasteiger partial charge in [0.05, 0.1) is 18.6 Å². The summed E-state index contributed by atoms with van der Waals surface area (Å²) in [5.41, 5.74) is 3.29. The minimum absolute atomic E-state index is 0.0462. The number of nitrogens with one attached hydrogen (secondary N) is 3. The molecule has 3 amide bonds. The van der Waals surface area contributed by atoms with Gasteiger partial charge in [-0.2, -0.15) is 0 Å². The van der Waals surface area contributed by atoms with Crippen LogP contribution < -0.4 is 20.7 Å². The van der Waals surface area contributed by atoms with Crippen LogP contribution in [0.15, 0.2) is 119 Å². The minimum Gasteiger partial charge on any atom is -0.496 e. The molecule has 5 aromatic rings. The van der Waals surface area contributed by atoms with E-state index < -0.39 is 11.8 Å². The Hall–Kier alpha value is -4.90. The van der Waals surface area contributed by atoms with Gasteiger partial charge in [0.25, 0.3) is 11.8 Å². The van der Waals surface area contributed by atoms with E-state index in [0.717, 1.165) is 16.2 Å². The lowest BCUT2D eigenvalue weighted by Gasteiger charge is -2.13. The van der Waals surface area contributed by atoms with Crippen LogP contribution in [-0.2, 0) is 9.59 Å². The molecule has 0 fully saturated rings. The number of thioether (sulfide) groups is 1. The van der Waals surface area contributed by atoms with Crippen LogP contribution in [0.3, 0.4) is 0 Å². The number of halogens is 1. The molecular formula is C34H27ClN4O4S2. The van der Waals surface area contributed by atoms with Gasteiger partial charge >= 0.3 is 0 Å². The highest BCUT2D eigenvalue weighted by atomic mass is 35.5. The van der Waals surface area contributed by atoms with Crippen molar-refractivity contribution in [1.82, 2.24) is 10.3 Å². The number of hydrogen-bond acceptors (Lipinski definition) is 7. The smallest absolute Gasteiger partial charge is 0.272 e. The second kappa shape index (κ2) is 15.2. The molecule has 0 unspecified atom stereocenters. The fraction of sp³-hybridized carbons (Fsp3) is 0.0588. The van der Waals surface area contributed by atoms with E-state index in [-0.39, 0.29) is 17.4 Å². The summed E-state index contributed by atoms with van der Waals surface area (Å²) >= 11 is 8.66. The summed E-state index contributed by atoms with van der Waals surface area (Å²) in [4.78, 5) is 44.2. The number of thiazole rings is 1. The van der Waals surface area contributed by atoms with Gasteiger partial charge in [-0.1, -0.05) is 60.1 Å². The predicted octanol–water partition coefficient (Wildman–Crippen LogP) is 7.61. The first-order valence-electron chi connectivity index (χ1n) is 13.6. The molecule has 226 valence electrons. The Morgan fingerprint density at radius 2 is 1.60 bits per heavy atom. The Bertz CT molecular complexity index is 1830. The molecule has 1 aromatic heterocycles. The molecule has 3 N–H and O–H groups in total. The van der Waals surface area contributed by atoms with Crippen LogP contribution in [0.1, 0.15) is 15.9 Å². The van der Waals surface area contributed by atoms with Gasteiger partial charge in [0.2, 0.25) is 5.91 Å². The third kappa shape index (κ3) is 8.82. The van der Waals surface area contributed by atoms with Gasteiger partial charge in [-0.05, 0) is 60.7 Å². The Labute approximate surface area is 273 Å². The molecule has 0 aliphatic heterocycles. The number of carbonyl (C=O) groups excluding carboxylic acids is 3. The molecule has 0 saturated carbocycles. The number of amides is 3. The van der Waals surface area contributed by atoms with Crippen molar-refractivity contribution >= 4 is 69.3 Å². The standard InChI is InChI=1S/C34H27ClN4O4S2/c1-43-30-10-6-5-9-24(30)19-28(37-32(41)23-7-3-2-4-8-23)33(42)36-26-15-17-27(18-16-26)44-21-31(40)39-34-38-29(20-45-34)22-11-13-25(35)14-12-22/h2-20H,21H2,1H3,(H,36,42)(H,37,41)(H,38,39,40)/b28-19-. The topological polar surface area (TPSA) is 109 Å². The first kappa shape index (κ1) is 31.5. The maximum atomic E-state index is 13.4. The number of ether oxygens (including phenoxy) is 1. The first-order valence-corrected chi connectivity index (χ1v) is 15.9. The summed E-state index contributed by atoms with van der Waals surface area (Å²) in [7, 11) is 1.54. The van der Waals surface area contributed by atoms with Gasteiger partial charge in [-0.3, -0.25) is 14.4 Å². The van der Waals surface area contributed by atoms with Crippen LogP contribution in [0.2, 0.25) is 5.02 Å². The first-order chi connectivity index (χ1) is 21.9. The number of aromatic nitrogens is 1. The SMILES string of the molecule is COc1ccccc1/C=C(\NC(=O)c1ccccc1)C(=O)Nc1ccc(SCC(=O)Nc2nc(-c3ccc(Cl)cc3)cs2)cc1. The van der Waals surface area contributed by atoms with Crippen LogP contribution >= 0.6 is 34.7 Å². The summed E-state index contributed by atoms with van der Waals surface area (Å²) in [6.45, 7) is 0. The number of methoxy groups -OCH3 is 1. The minimum atomic E-state index is -0.508. The number of rotatable bonds is 11. The zero-order valence-corrected chi connectivity index (χ0v) is 26.3. The highest BCUT2D eigenvalue weighted by molar-refractivity contribution is 8.00. The third-order valence-corrected chi connectivity index (χ3v) is 8.36. The van der Waals surface area contributed by atoms with Crippen molar-refractivity contribution < 1.29 is 19.1 Å². The van der Waals surface area contributed by atoms with E-state index in [4.69, 9.17) is 16.3 Å². The van der Waals surface area contributed by atoms with Gasteiger partial charge < -0.3 is 20.7 Å². The highest BCUT2D eigenvalue weighted by Gasteiger charge is 2.16. The van der Waals surface area contributed by atoms with Gasteiger partial charge in [0.1, 0.15) is 11.4 Å². The fourth-order valence-electron chi connectivity index (χ4n) is 4.11. The van der Waals surface area contributed by atoms with Gasteiger partial charge in [-0.15, -0.1) is 23.1 Å². The van der Waals surface area contributed by atoms with Crippen molar-refractivity contribution in [3.63, 3.8) is 0 Å². The normalized spacial score (nSPS) is 11.0. The van der Waals surface area contributed by atoms with Crippen molar-refractivity contribution in [2.45, 2.75) is 4.90 Å². The number of para-hydroxylation sites is 1. The molecule has 0 radical (unpaired) electrons. The van der Waals surface area contributed by atoms with Crippen molar-refractivity contribution in [1.29, 1.82) is 0 Å². The number of nitrogens with zero attached hydrogens (tertiary/aromatic N) is 1. The Balaban J connectivity index is 1.20. The van der Waals surface area contributed by atoms with Crippen LogP contribution in [0.25, 0.3) is 17.3 Å². The Kier molecular flexibility index (Phi) is 10.7. The van der Waals surface area contributed by atoms with Crippen LogP contribution in [0, 0.1) is 0 Å². The maximum Gasteiger partial charge on any atom is 0.272 e. The molecule has 5 rings (SSSR count). The zero-order valence-electron chi connectivity index (χ0n) is 24.0. The van der Waals surface area contributed by atoms with Gasteiger partial charge in [0.15, 0.2) is 5.13 Å². The average Bonchev–Trinajstić information content (AvgIpc) is 3.53. The second-order valence-corrected chi connectivity index (χ2v) is 11.8. The Morgan fingerprint density at radius 1 is 0.889 bits per heavy atom. The number of anilines is 2. The molecule has 11 heteroatoms. The van der Waals surface area contributed by atoms with E-state index in [0.29, 0.717) is 32.7 Å². The van der Waals surface area contributed by atoms with E-state index in [1.54, 1.807) is 66.7 Å². The number of benzene rings is 4. The Morgan fingerprint density at radius 3 is 2.33 bits per heavy atom. The van der Waals surface area contributed by atoms with Crippen molar-refractivity contribution in [2.24, 2.45) is 0 Å². The average molecular weight is 655 g/mol. The molecule has 0 aliphatic rings. The molecule has 45 heavy (non-hydrogen) atoms. The van der Waals surface area contributed by atoms with Crippen molar-refractivity contribution in [3.05, 3.63) is 130 Å². The summed E-state index contributed by atoms with van der Waals surface area (Å²) < 4.78 is 5.42. The molecule has 0 bridgehead atoms. The van der Waals surface area contributed by atoms with E-state index in [1.165, 1.54) is 30.2 Å². The summed E-state index contributed by atoms with van der Waals surface area (Å²) in [6, 6.07) is 30.3. The number of hydrogen-bond donors (Lipinski definition) is 3. The molecule has 0 saturated heterocycles. The summed E-state index contributed by atoms with van der Waals surface area (Å²) in [5, 5.41) is 11.4. The molecule has 1 heterocycles. The lowest BCUT2D eigenvalue weighted by atomic mass is 10.1. The molecule has 0 spiro atoms. The second-order valence-electron chi connectivity index (χ2n) is 9.48. The van der Waals surface area contributed by atoms with E-state index in [1.807, 2.05) is 47.8 Å². The van der Waals surface area contributed by atoms with Crippen LogP contribution in [0.5, 0.6) is 5.75 Å². The monoisotopic (exact) mass is 654 g/mol. The van der Waals surface area contributed by atoms with Gasteiger partial charge in [-0.25, -0.2) is 4.98 Å². The molecule has 0 aliphatic carbocycles. The maximum absolute atomic E-state index is 13.4. The zero-order chi connectivity index (χ0) is 31.6. The van der Waals surface area contributed by atoms with E-state index in [2.05, 4.69) is 20.9 Å². The number of carbonyl (C=O) groups is 3. The van der Waals surface area contributed by atoms with Crippen LogP contribution in [0.4, 0.5) is 10.8 Å². The summed E-state index contributed by atoms with van der Waals surface area (Å²) in [5.74, 6) is -0.380. The third-order valence-electron chi connectivity index (χ3n) is 6.34. The lowest BCUT2D eigenvalue weighted by Crippen LogP contribution is -2.30. The molecule has 4 aromatic carbocycles.